The van der Waals surface area contributed by atoms with Crippen molar-refractivity contribution >= 4 is 23.5 Å². The van der Waals surface area contributed by atoms with Crippen molar-refractivity contribution in [1.82, 2.24) is 10.3 Å². The number of nitrogens with zero attached hydrogens (tertiary/aromatic N) is 1. The number of carbonyl (C=O) groups excluding carboxylic acids is 1. The Morgan fingerprint density at radius 2 is 2.09 bits per heavy atom. The van der Waals surface area contributed by atoms with Crippen molar-refractivity contribution in [1.29, 1.82) is 0 Å². The number of benzene rings is 1. The molecular weight excluding hydrogens is 327 g/mol. The third-order valence-electron chi connectivity index (χ3n) is 2.71. The lowest BCUT2D eigenvalue weighted by Crippen LogP contribution is -2.28. The van der Waals surface area contributed by atoms with Crippen LogP contribution in [0.3, 0.4) is 0 Å². The second-order valence-corrected chi connectivity index (χ2v) is 5.53. The molecule has 1 aromatic heterocycles. The van der Waals surface area contributed by atoms with E-state index in [4.69, 9.17) is 0 Å². The molecule has 23 heavy (non-hydrogen) atoms. The van der Waals surface area contributed by atoms with Gasteiger partial charge in [0.15, 0.2) is 0 Å². The van der Waals surface area contributed by atoms with Crippen LogP contribution in [0.15, 0.2) is 47.5 Å². The lowest BCUT2D eigenvalue weighted by molar-refractivity contribution is 0.177. The average molecular weight is 341 g/mol. The zero-order chi connectivity index (χ0) is 16.7. The molecule has 2 aromatic rings. The summed E-state index contributed by atoms with van der Waals surface area (Å²) >= 11 is 0.849. The number of hydrogen-bond donors (Lipinski definition) is 2. The number of carbonyl (C=O) groups is 1. The quantitative estimate of drug-likeness (QED) is 0.784. The summed E-state index contributed by atoms with van der Waals surface area (Å²) in [4.78, 5) is 16.3. The Morgan fingerprint density at radius 1 is 1.26 bits per heavy atom. The lowest BCUT2D eigenvalue weighted by atomic mass is 10.3. The number of amides is 2. The second-order valence-electron chi connectivity index (χ2n) is 4.47. The molecule has 4 nitrogen and oxygen atoms in total. The number of anilines is 1. The summed E-state index contributed by atoms with van der Waals surface area (Å²) in [6.45, 7) is 0.196. The fourth-order valence-electron chi connectivity index (χ4n) is 1.72. The third kappa shape index (κ3) is 5.82. The highest BCUT2D eigenvalue weighted by atomic mass is 32.2. The number of aromatic nitrogens is 1. The molecule has 8 heteroatoms. The number of pyridine rings is 1. The summed E-state index contributed by atoms with van der Waals surface area (Å²) in [6.07, 6.45) is -0.892. The first-order chi connectivity index (χ1) is 11.0. The van der Waals surface area contributed by atoms with Gasteiger partial charge in [0.05, 0.1) is 23.7 Å². The highest BCUT2D eigenvalue weighted by molar-refractivity contribution is 7.99. The highest BCUT2D eigenvalue weighted by Crippen LogP contribution is 2.29. The molecule has 2 amide bonds. The van der Waals surface area contributed by atoms with E-state index in [0.717, 1.165) is 23.9 Å². The first-order valence-corrected chi connectivity index (χ1v) is 7.68. The summed E-state index contributed by atoms with van der Waals surface area (Å²) in [5, 5.41) is 5.03. The van der Waals surface area contributed by atoms with Gasteiger partial charge in [-0.2, -0.15) is 0 Å². The van der Waals surface area contributed by atoms with Crippen molar-refractivity contribution in [3.63, 3.8) is 0 Å². The van der Waals surface area contributed by atoms with Crippen molar-refractivity contribution in [3.8, 4) is 0 Å². The molecule has 0 spiro atoms. The first kappa shape index (κ1) is 17.1. The van der Waals surface area contributed by atoms with Gasteiger partial charge in [0, 0.05) is 11.1 Å². The highest BCUT2D eigenvalue weighted by Gasteiger charge is 2.11. The Hall–Kier alpha value is -2.22. The molecule has 2 N–H and O–H groups in total. The molecule has 0 aliphatic heterocycles. The van der Waals surface area contributed by atoms with E-state index in [1.54, 1.807) is 24.4 Å². The van der Waals surface area contributed by atoms with Crippen molar-refractivity contribution in [2.45, 2.75) is 17.9 Å². The smallest absolute Gasteiger partial charge is 0.319 e. The van der Waals surface area contributed by atoms with Crippen LogP contribution in [0.4, 0.5) is 23.7 Å². The van der Waals surface area contributed by atoms with E-state index >= 15 is 0 Å². The normalized spacial score (nSPS) is 10.6. The SMILES string of the molecule is O=C(NCc1ccccn1)Nc1cc(F)ccc1SCC(F)F. The Kier molecular flexibility index (Phi) is 6.28. The maximum Gasteiger partial charge on any atom is 0.319 e. The van der Waals surface area contributed by atoms with E-state index in [1.165, 1.54) is 6.07 Å². The van der Waals surface area contributed by atoms with Gasteiger partial charge in [-0.05, 0) is 30.3 Å². The van der Waals surface area contributed by atoms with Gasteiger partial charge >= 0.3 is 6.03 Å². The molecule has 2 rings (SSSR count). The molecule has 0 saturated carbocycles. The molecule has 0 atom stereocenters. The lowest BCUT2D eigenvalue weighted by Gasteiger charge is -2.12. The molecule has 0 aliphatic carbocycles. The molecule has 122 valence electrons. The van der Waals surface area contributed by atoms with Crippen LogP contribution in [0, 0.1) is 5.82 Å². The van der Waals surface area contributed by atoms with Crippen molar-refractivity contribution < 1.29 is 18.0 Å². The van der Waals surface area contributed by atoms with E-state index < -0.39 is 24.0 Å². The summed E-state index contributed by atoms with van der Waals surface area (Å²) in [5.74, 6) is -0.998. The second kappa shape index (κ2) is 8.42. The number of urea groups is 1. The average Bonchev–Trinajstić information content (AvgIpc) is 2.53. The molecule has 0 aliphatic rings. The minimum atomic E-state index is -2.49. The number of alkyl halides is 2. The maximum atomic E-state index is 13.3. The van der Waals surface area contributed by atoms with Crippen LogP contribution in [-0.4, -0.2) is 23.2 Å². The number of rotatable bonds is 6. The van der Waals surface area contributed by atoms with Crippen LogP contribution in [0.1, 0.15) is 5.69 Å². The predicted molar refractivity (Wildman–Crippen MR) is 83.2 cm³/mol. The maximum absolute atomic E-state index is 13.3. The van der Waals surface area contributed by atoms with Crippen molar-refractivity contribution in [2.75, 3.05) is 11.1 Å². The first-order valence-electron chi connectivity index (χ1n) is 6.70. The van der Waals surface area contributed by atoms with Crippen LogP contribution >= 0.6 is 11.8 Å². The van der Waals surface area contributed by atoms with E-state index in [9.17, 15) is 18.0 Å². The van der Waals surface area contributed by atoms with E-state index in [2.05, 4.69) is 15.6 Å². The molecule has 1 heterocycles. The Morgan fingerprint density at radius 3 is 2.78 bits per heavy atom. The third-order valence-corrected chi connectivity index (χ3v) is 3.80. The minimum Gasteiger partial charge on any atom is -0.332 e. The van der Waals surface area contributed by atoms with Gasteiger partial charge < -0.3 is 10.6 Å². The molecule has 0 unspecified atom stereocenters. The fourth-order valence-corrected chi connectivity index (χ4v) is 2.45. The van der Waals surface area contributed by atoms with E-state index in [1.807, 2.05) is 0 Å². The number of halogens is 3. The van der Waals surface area contributed by atoms with Crippen LogP contribution in [0.5, 0.6) is 0 Å². The Labute approximate surface area is 135 Å². The van der Waals surface area contributed by atoms with Gasteiger partial charge in [0.25, 0.3) is 0 Å². The Balaban J connectivity index is 1.97. The molecule has 0 fully saturated rings. The largest absolute Gasteiger partial charge is 0.332 e. The summed E-state index contributed by atoms with van der Waals surface area (Å²) in [6, 6.07) is 8.32. The van der Waals surface area contributed by atoms with Crippen LogP contribution < -0.4 is 10.6 Å². The zero-order valence-electron chi connectivity index (χ0n) is 11.9. The predicted octanol–water partition coefficient (Wildman–Crippen LogP) is 3.90. The standard InChI is InChI=1S/C15H14F3N3OS/c16-10-4-5-13(23-9-14(17)18)12(7-10)21-15(22)20-8-11-3-1-2-6-19-11/h1-7,14H,8-9H2,(H2,20,21,22). The number of thioether (sulfide) groups is 1. The van der Waals surface area contributed by atoms with Crippen LogP contribution in [0.25, 0.3) is 0 Å². The molecule has 0 saturated heterocycles. The Bertz CT molecular complexity index is 656. The fraction of sp³-hybridized carbons (Fsp3) is 0.200. The summed E-state index contributed by atoms with van der Waals surface area (Å²) in [7, 11) is 0. The number of nitrogens with one attached hydrogen (secondary N) is 2. The van der Waals surface area contributed by atoms with Gasteiger partial charge in [-0.3, -0.25) is 4.98 Å². The molecular formula is C15H14F3N3OS. The molecule has 0 bridgehead atoms. The molecule has 1 aromatic carbocycles. The molecule has 0 radical (unpaired) electrons. The minimum absolute atomic E-state index is 0.147. The topological polar surface area (TPSA) is 54.0 Å². The van der Waals surface area contributed by atoms with Crippen LogP contribution in [-0.2, 0) is 6.54 Å². The van der Waals surface area contributed by atoms with Crippen molar-refractivity contribution in [3.05, 3.63) is 54.1 Å². The van der Waals surface area contributed by atoms with E-state index in [0.29, 0.717) is 10.6 Å². The van der Waals surface area contributed by atoms with Gasteiger partial charge in [-0.25, -0.2) is 18.0 Å². The van der Waals surface area contributed by atoms with Crippen LogP contribution in [0.2, 0.25) is 0 Å². The monoisotopic (exact) mass is 341 g/mol. The zero-order valence-corrected chi connectivity index (χ0v) is 12.7. The van der Waals surface area contributed by atoms with E-state index in [-0.39, 0.29) is 12.2 Å². The van der Waals surface area contributed by atoms with Crippen molar-refractivity contribution in [2.24, 2.45) is 0 Å². The van der Waals surface area contributed by atoms with Gasteiger partial charge in [0.1, 0.15) is 5.82 Å². The van der Waals surface area contributed by atoms with Gasteiger partial charge in [-0.1, -0.05) is 6.07 Å². The van der Waals surface area contributed by atoms with Gasteiger partial charge in [0.2, 0.25) is 6.43 Å². The number of hydrogen-bond acceptors (Lipinski definition) is 3. The summed E-state index contributed by atoms with van der Waals surface area (Å²) in [5.41, 5.74) is 0.809. The summed E-state index contributed by atoms with van der Waals surface area (Å²) < 4.78 is 37.9. The van der Waals surface area contributed by atoms with Gasteiger partial charge in [-0.15, -0.1) is 11.8 Å².